The monoisotopic (exact) mass is 362 g/mol. The maximum absolute atomic E-state index is 11.8. The molecule has 0 radical (unpaired) electrons. The quantitative estimate of drug-likeness (QED) is 0.609. The van der Waals surface area contributed by atoms with Gasteiger partial charge in [-0.05, 0) is 54.7 Å². The molecular weight excluding hydrogens is 348 g/mol. The molecule has 0 aliphatic carbocycles. The van der Waals surface area contributed by atoms with Crippen molar-refractivity contribution in [2.45, 2.75) is 13.8 Å². The first-order valence-electron chi connectivity index (χ1n) is 7.89. The summed E-state index contributed by atoms with van der Waals surface area (Å²) in [6, 6.07) is 7.55. The second-order valence-corrected chi connectivity index (χ2v) is 6.71. The van der Waals surface area contributed by atoms with Crippen molar-refractivity contribution in [1.29, 1.82) is 0 Å². The van der Waals surface area contributed by atoms with Crippen molar-refractivity contribution in [3.8, 4) is 11.6 Å². The van der Waals surface area contributed by atoms with Crippen LogP contribution in [0.3, 0.4) is 0 Å². The number of ether oxygens (including phenoxy) is 1. The number of carbonyl (C=O) groups is 1. The molecule has 4 rings (SSSR count). The summed E-state index contributed by atoms with van der Waals surface area (Å²) >= 11 is 1.40. The average Bonchev–Trinajstić information content (AvgIpc) is 3.10. The Morgan fingerprint density at radius 2 is 2.00 bits per heavy atom. The van der Waals surface area contributed by atoms with E-state index in [9.17, 15) is 4.79 Å². The normalized spacial score (nSPS) is 14.4. The topological polar surface area (TPSA) is 76.8 Å². The zero-order valence-electron chi connectivity index (χ0n) is 14.2. The van der Waals surface area contributed by atoms with Crippen LogP contribution in [0.4, 0.5) is 0 Å². The Balaban J connectivity index is 1.71. The summed E-state index contributed by atoms with van der Waals surface area (Å²) in [6.45, 7) is 7.62. The van der Waals surface area contributed by atoms with Crippen molar-refractivity contribution in [3.05, 3.63) is 65.6 Å². The third kappa shape index (κ3) is 2.72. The molecule has 3 heterocycles. The van der Waals surface area contributed by atoms with Crippen molar-refractivity contribution in [2.75, 3.05) is 0 Å². The zero-order chi connectivity index (χ0) is 18.3. The van der Waals surface area contributed by atoms with E-state index in [0.29, 0.717) is 22.9 Å². The molecule has 26 heavy (non-hydrogen) atoms. The molecule has 0 spiro atoms. The molecule has 0 saturated carbocycles. The number of fused-ring (bicyclic) bond motifs is 1. The summed E-state index contributed by atoms with van der Waals surface area (Å²) in [5, 5.41) is 8.39. The van der Waals surface area contributed by atoms with Gasteiger partial charge in [-0.2, -0.15) is 9.49 Å². The molecule has 1 aromatic carbocycles. The lowest BCUT2D eigenvalue weighted by Gasteiger charge is -2.16. The zero-order valence-corrected chi connectivity index (χ0v) is 15.0. The van der Waals surface area contributed by atoms with E-state index in [1.807, 2.05) is 38.1 Å². The second kappa shape index (κ2) is 6.27. The number of hydrogen-bond donors (Lipinski definition) is 0. The minimum Gasteiger partial charge on any atom is -0.438 e. The number of carbonyl (C=O) groups excluding carboxylic acids is 1. The maximum atomic E-state index is 11.8. The Kier molecular flexibility index (Phi) is 3.93. The molecule has 1 aliphatic rings. The predicted molar refractivity (Wildman–Crippen MR) is 100 cm³/mol. The minimum atomic E-state index is -0.411. The fourth-order valence-electron chi connectivity index (χ4n) is 2.86. The van der Waals surface area contributed by atoms with E-state index >= 15 is 0 Å². The summed E-state index contributed by atoms with van der Waals surface area (Å²) in [5.74, 6) is 0.765. The molecule has 0 saturated heterocycles. The van der Waals surface area contributed by atoms with Crippen LogP contribution in [0.2, 0.25) is 0 Å². The Hall–Kier alpha value is -3.19. The van der Waals surface area contributed by atoms with E-state index < -0.39 is 5.91 Å². The molecule has 1 amide bonds. The van der Waals surface area contributed by atoms with Gasteiger partial charge in [0.05, 0.1) is 22.0 Å². The van der Waals surface area contributed by atoms with Gasteiger partial charge in [-0.3, -0.25) is 4.79 Å². The number of aryl methyl sites for hydroxylation is 1. The number of allylic oxidation sites excluding steroid dienone is 1. The van der Waals surface area contributed by atoms with Gasteiger partial charge < -0.3 is 4.74 Å². The van der Waals surface area contributed by atoms with E-state index in [0.717, 1.165) is 26.8 Å². The van der Waals surface area contributed by atoms with Crippen LogP contribution in [-0.2, 0) is 4.79 Å². The van der Waals surface area contributed by atoms with Gasteiger partial charge in [-0.1, -0.05) is 12.6 Å². The molecular formula is C19H14N4O2S. The molecule has 7 heteroatoms. The fraction of sp³-hybridized carbons (Fsp3) is 0.105. The van der Waals surface area contributed by atoms with Gasteiger partial charge >= 0.3 is 0 Å². The number of rotatable bonds is 3. The summed E-state index contributed by atoms with van der Waals surface area (Å²) < 4.78 is 11.2. The Morgan fingerprint density at radius 1 is 1.15 bits per heavy atom. The van der Waals surface area contributed by atoms with Crippen LogP contribution in [0.25, 0.3) is 15.7 Å². The van der Waals surface area contributed by atoms with Crippen molar-refractivity contribution in [1.82, 2.24) is 9.36 Å². The summed E-state index contributed by atoms with van der Waals surface area (Å²) in [4.78, 5) is 16.1. The lowest BCUT2D eigenvalue weighted by Crippen LogP contribution is -2.07. The second-order valence-electron chi connectivity index (χ2n) is 5.88. The van der Waals surface area contributed by atoms with Gasteiger partial charge in [0.25, 0.3) is 5.91 Å². The lowest BCUT2D eigenvalue weighted by molar-refractivity contribution is -0.114. The Bertz CT molecular complexity index is 1130. The van der Waals surface area contributed by atoms with Crippen molar-refractivity contribution >= 4 is 33.1 Å². The fourth-order valence-corrected chi connectivity index (χ4v) is 3.49. The van der Waals surface area contributed by atoms with Crippen molar-refractivity contribution in [3.63, 3.8) is 0 Å². The Morgan fingerprint density at radius 3 is 2.81 bits per heavy atom. The first-order chi connectivity index (χ1) is 12.5. The molecule has 0 unspecified atom stereocenters. The molecule has 2 aromatic heterocycles. The van der Waals surface area contributed by atoms with Crippen LogP contribution in [-0.4, -0.2) is 15.3 Å². The van der Waals surface area contributed by atoms with E-state index in [1.165, 1.54) is 11.5 Å². The average molecular weight is 362 g/mol. The molecule has 6 nitrogen and oxygen atoms in total. The lowest BCUT2D eigenvalue weighted by atomic mass is 9.92. The summed E-state index contributed by atoms with van der Waals surface area (Å²) in [5.41, 5.74) is 3.57. The van der Waals surface area contributed by atoms with Gasteiger partial charge in [0.15, 0.2) is 0 Å². The van der Waals surface area contributed by atoms with Crippen LogP contribution in [0.5, 0.6) is 11.6 Å². The van der Waals surface area contributed by atoms with E-state index in [4.69, 9.17) is 4.74 Å². The molecule has 128 valence electrons. The van der Waals surface area contributed by atoms with Crippen LogP contribution in [0, 0.1) is 6.92 Å². The van der Waals surface area contributed by atoms with Gasteiger partial charge in [0.1, 0.15) is 5.75 Å². The number of aromatic nitrogens is 2. The van der Waals surface area contributed by atoms with E-state index in [-0.39, 0.29) is 0 Å². The summed E-state index contributed by atoms with van der Waals surface area (Å²) in [6.07, 6.45) is 3.45. The first-order valence-corrected chi connectivity index (χ1v) is 8.66. The SMILES string of the molecule is C=C1C(=O)N=NC(C)=C1c1ccc(Oc2nccc3sncc23)cc1C. The summed E-state index contributed by atoms with van der Waals surface area (Å²) in [7, 11) is 0. The molecule has 1 aliphatic heterocycles. The van der Waals surface area contributed by atoms with Gasteiger partial charge in [0.2, 0.25) is 5.88 Å². The van der Waals surface area contributed by atoms with Gasteiger partial charge in [-0.25, -0.2) is 4.98 Å². The first kappa shape index (κ1) is 16.3. The highest BCUT2D eigenvalue weighted by Crippen LogP contribution is 2.35. The van der Waals surface area contributed by atoms with Crippen LogP contribution >= 0.6 is 11.5 Å². The number of benzene rings is 1. The molecule has 0 fully saturated rings. The predicted octanol–water partition coefficient (Wildman–Crippen LogP) is 5.07. The number of amides is 1. The number of pyridine rings is 1. The van der Waals surface area contributed by atoms with E-state index in [2.05, 4.69) is 26.2 Å². The van der Waals surface area contributed by atoms with Crippen molar-refractivity contribution in [2.24, 2.45) is 10.2 Å². The van der Waals surface area contributed by atoms with Crippen LogP contribution in [0.15, 0.2) is 64.7 Å². The van der Waals surface area contributed by atoms with E-state index in [1.54, 1.807) is 12.4 Å². The number of nitrogens with zero attached hydrogens (tertiary/aromatic N) is 4. The molecule has 0 N–H and O–H groups in total. The standard InChI is InChI=1S/C19H14N4O2S/c1-10-8-13(25-19-15-9-21-26-16(15)6-7-20-19)4-5-14(10)17-11(2)18(24)23-22-12(17)3/h4-9H,2H2,1,3H3. The minimum absolute atomic E-state index is 0.352. The highest BCUT2D eigenvalue weighted by molar-refractivity contribution is 7.13. The highest BCUT2D eigenvalue weighted by Gasteiger charge is 2.22. The highest BCUT2D eigenvalue weighted by atomic mass is 32.1. The number of azo groups is 1. The largest absolute Gasteiger partial charge is 0.438 e. The van der Waals surface area contributed by atoms with Crippen LogP contribution in [0.1, 0.15) is 18.1 Å². The van der Waals surface area contributed by atoms with Gasteiger partial charge in [-0.15, -0.1) is 5.11 Å². The molecule has 3 aromatic rings. The Labute approximate surface area is 153 Å². The number of hydrogen-bond acceptors (Lipinski definition) is 6. The van der Waals surface area contributed by atoms with Crippen molar-refractivity contribution < 1.29 is 9.53 Å². The van der Waals surface area contributed by atoms with Crippen LogP contribution < -0.4 is 4.74 Å². The van der Waals surface area contributed by atoms with Gasteiger partial charge in [0, 0.05) is 17.3 Å². The smallest absolute Gasteiger partial charge is 0.295 e. The molecule has 0 bridgehead atoms. The third-order valence-electron chi connectivity index (χ3n) is 4.14. The third-order valence-corrected chi connectivity index (χ3v) is 4.90. The molecule has 0 atom stereocenters. The maximum Gasteiger partial charge on any atom is 0.295 e.